The van der Waals surface area contributed by atoms with Gasteiger partial charge in [-0.1, -0.05) is 18.2 Å². The summed E-state index contributed by atoms with van der Waals surface area (Å²) >= 11 is 0. The summed E-state index contributed by atoms with van der Waals surface area (Å²) in [6.07, 6.45) is 0.353. The van der Waals surface area contributed by atoms with Crippen LogP contribution in [0.1, 0.15) is 27.2 Å². The fourth-order valence-electron chi connectivity index (χ4n) is 1.93. The molecule has 0 heterocycles. The average molecular weight is 282 g/mol. The number of carbonyl (C=O) groups excluding carboxylic acids is 1. The van der Waals surface area contributed by atoms with Gasteiger partial charge in [-0.25, -0.2) is 8.42 Å². The minimum absolute atomic E-state index is 0.269. The van der Waals surface area contributed by atoms with Gasteiger partial charge < -0.3 is 4.74 Å². The molecule has 4 nitrogen and oxygen atoms in total. The topological polar surface area (TPSA) is 60.4 Å². The molecule has 1 saturated carbocycles. The predicted molar refractivity (Wildman–Crippen MR) is 71.4 cm³/mol. The summed E-state index contributed by atoms with van der Waals surface area (Å²) in [6.45, 7) is 5.32. The highest BCUT2D eigenvalue weighted by Crippen LogP contribution is 2.41. The van der Waals surface area contributed by atoms with Crippen molar-refractivity contribution in [2.24, 2.45) is 5.92 Å². The van der Waals surface area contributed by atoms with Crippen molar-refractivity contribution in [2.45, 2.75) is 42.9 Å². The Kier molecular flexibility index (Phi) is 3.43. The van der Waals surface area contributed by atoms with Crippen LogP contribution in [0.4, 0.5) is 0 Å². The highest BCUT2D eigenvalue weighted by Gasteiger charge is 2.53. The Bertz CT molecular complexity index is 569. The Morgan fingerprint density at radius 3 is 2.32 bits per heavy atom. The smallest absolute Gasteiger partial charge is 0.310 e. The number of benzene rings is 1. The first-order valence-corrected chi connectivity index (χ1v) is 7.78. The lowest BCUT2D eigenvalue weighted by Crippen LogP contribution is -2.26. The van der Waals surface area contributed by atoms with E-state index in [0.29, 0.717) is 6.42 Å². The molecule has 1 aromatic carbocycles. The highest BCUT2D eigenvalue weighted by atomic mass is 32.2. The van der Waals surface area contributed by atoms with E-state index in [2.05, 4.69) is 0 Å². The van der Waals surface area contributed by atoms with Crippen molar-refractivity contribution in [3.63, 3.8) is 0 Å². The van der Waals surface area contributed by atoms with E-state index < -0.39 is 32.6 Å². The first-order chi connectivity index (χ1) is 8.72. The van der Waals surface area contributed by atoms with Gasteiger partial charge in [0, 0.05) is 0 Å². The predicted octanol–water partition coefficient (Wildman–Crippen LogP) is 2.19. The molecule has 0 aromatic heterocycles. The third kappa shape index (κ3) is 3.15. The number of rotatable bonds is 3. The van der Waals surface area contributed by atoms with Crippen molar-refractivity contribution in [1.82, 2.24) is 0 Å². The second-order valence-corrected chi connectivity index (χ2v) is 7.94. The molecule has 0 aliphatic heterocycles. The SMILES string of the molecule is CC(C)(C)OC(=O)[C@H]1C[C@H]1S(=O)(=O)c1ccccc1. The van der Waals surface area contributed by atoms with E-state index >= 15 is 0 Å². The minimum atomic E-state index is -3.42. The van der Waals surface area contributed by atoms with Gasteiger partial charge in [0.25, 0.3) is 0 Å². The maximum absolute atomic E-state index is 12.3. The molecule has 1 aliphatic rings. The number of carbonyl (C=O) groups is 1. The first-order valence-electron chi connectivity index (χ1n) is 6.23. The molecule has 2 rings (SSSR count). The van der Waals surface area contributed by atoms with Crippen molar-refractivity contribution in [1.29, 1.82) is 0 Å². The zero-order valence-corrected chi connectivity index (χ0v) is 12.1. The van der Waals surface area contributed by atoms with Crippen molar-refractivity contribution in [2.75, 3.05) is 0 Å². The molecule has 0 radical (unpaired) electrons. The fourth-order valence-corrected chi connectivity index (χ4v) is 3.82. The number of sulfone groups is 1. The zero-order chi connectivity index (χ0) is 14.3. The van der Waals surface area contributed by atoms with E-state index in [-0.39, 0.29) is 4.90 Å². The van der Waals surface area contributed by atoms with Crippen LogP contribution >= 0.6 is 0 Å². The summed E-state index contributed by atoms with van der Waals surface area (Å²) in [5.41, 5.74) is -0.583. The lowest BCUT2D eigenvalue weighted by molar-refractivity contribution is -0.156. The summed E-state index contributed by atoms with van der Waals surface area (Å²) in [7, 11) is -3.42. The van der Waals surface area contributed by atoms with E-state index in [1.54, 1.807) is 51.1 Å². The summed E-state index contributed by atoms with van der Waals surface area (Å²) in [6, 6.07) is 8.23. The van der Waals surface area contributed by atoms with Crippen LogP contribution in [0.2, 0.25) is 0 Å². The molecule has 2 atom stereocenters. The second-order valence-electron chi connectivity index (χ2n) is 5.77. The first kappa shape index (κ1) is 14.1. The van der Waals surface area contributed by atoms with Gasteiger partial charge in [0.1, 0.15) is 5.60 Å². The molecule has 0 N–H and O–H groups in total. The second kappa shape index (κ2) is 4.63. The monoisotopic (exact) mass is 282 g/mol. The fraction of sp³-hybridized carbons (Fsp3) is 0.500. The molecule has 104 valence electrons. The van der Waals surface area contributed by atoms with Gasteiger partial charge in [-0.3, -0.25) is 4.79 Å². The zero-order valence-electron chi connectivity index (χ0n) is 11.3. The van der Waals surface area contributed by atoms with Gasteiger partial charge in [0.15, 0.2) is 9.84 Å². The molecule has 0 bridgehead atoms. The molecular weight excluding hydrogens is 264 g/mol. The lowest BCUT2D eigenvalue weighted by atomic mass is 10.2. The van der Waals surface area contributed by atoms with Crippen molar-refractivity contribution in [3.8, 4) is 0 Å². The quantitative estimate of drug-likeness (QED) is 0.797. The molecule has 0 amide bonds. The van der Waals surface area contributed by atoms with Crippen LogP contribution in [0.15, 0.2) is 35.2 Å². The van der Waals surface area contributed by atoms with Gasteiger partial charge in [0.05, 0.1) is 16.1 Å². The molecule has 1 aromatic rings. The van der Waals surface area contributed by atoms with E-state index in [0.717, 1.165) is 0 Å². The van der Waals surface area contributed by atoms with Crippen LogP contribution in [0.3, 0.4) is 0 Å². The Morgan fingerprint density at radius 2 is 1.79 bits per heavy atom. The molecule has 5 heteroatoms. The molecular formula is C14H18O4S. The molecule has 0 unspecified atom stereocenters. The molecule has 0 spiro atoms. The number of hydrogen-bond acceptors (Lipinski definition) is 4. The average Bonchev–Trinajstić information content (AvgIpc) is 3.08. The van der Waals surface area contributed by atoms with Crippen molar-refractivity contribution < 1.29 is 17.9 Å². The summed E-state index contributed by atoms with van der Waals surface area (Å²) < 4.78 is 29.8. The standard InChI is InChI=1S/C14H18O4S/c1-14(2,3)18-13(15)11-9-12(11)19(16,17)10-7-5-4-6-8-10/h4-8,11-12H,9H2,1-3H3/t11-,12+/m0/s1. The van der Waals surface area contributed by atoms with E-state index in [1.807, 2.05) is 0 Å². The molecule has 1 fully saturated rings. The molecule has 0 saturated heterocycles. The van der Waals surface area contributed by atoms with Gasteiger partial charge in [-0.2, -0.15) is 0 Å². The number of ether oxygens (including phenoxy) is 1. The summed E-state index contributed by atoms with van der Waals surface area (Å²) in [5.74, 6) is -0.943. The Hall–Kier alpha value is -1.36. The van der Waals surface area contributed by atoms with Gasteiger partial charge in [-0.15, -0.1) is 0 Å². The van der Waals surface area contributed by atoms with Crippen LogP contribution in [0.5, 0.6) is 0 Å². The third-order valence-electron chi connectivity index (χ3n) is 2.91. The maximum Gasteiger partial charge on any atom is 0.310 e. The van der Waals surface area contributed by atoms with Crippen molar-refractivity contribution in [3.05, 3.63) is 30.3 Å². The van der Waals surface area contributed by atoms with Crippen LogP contribution in [0, 0.1) is 5.92 Å². The Labute approximate surface area is 113 Å². The van der Waals surface area contributed by atoms with Crippen LogP contribution in [0.25, 0.3) is 0 Å². The minimum Gasteiger partial charge on any atom is -0.460 e. The van der Waals surface area contributed by atoms with E-state index in [9.17, 15) is 13.2 Å². The van der Waals surface area contributed by atoms with E-state index in [4.69, 9.17) is 4.74 Å². The summed E-state index contributed by atoms with van der Waals surface area (Å²) in [5, 5.41) is -0.634. The van der Waals surface area contributed by atoms with Crippen molar-refractivity contribution >= 4 is 15.8 Å². The molecule has 19 heavy (non-hydrogen) atoms. The summed E-state index contributed by atoms with van der Waals surface area (Å²) in [4.78, 5) is 12.1. The number of hydrogen-bond donors (Lipinski definition) is 0. The molecule has 1 aliphatic carbocycles. The van der Waals surface area contributed by atoms with Crippen LogP contribution < -0.4 is 0 Å². The van der Waals surface area contributed by atoms with Gasteiger partial charge in [-0.05, 0) is 39.3 Å². The maximum atomic E-state index is 12.3. The lowest BCUT2D eigenvalue weighted by Gasteiger charge is -2.19. The van der Waals surface area contributed by atoms with Crippen LogP contribution in [-0.2, 0) is 19.4 Å². The normalized spacial score (nSPS) is 22.9. The Morgan fingerprint density at radius 1 is 1.21 bits per heavy atom. The largest absolute Gasteiger partial charge is 0.460 e. The van der Waals surface area contributed by atoms with Gasteiger partial charge in [0.2, 0.25) is 0 Å². The van der Waals surface area contributed by atoms with Crippen LogP contribution in [-0.4, -0.2) is 25.2 Å². The van der Waals surface area contributed by atoms with E-state index in [1.165, 1.54) is 0 Å². The van der Waals surface area contributed by atoms with Gasteiger partial charge >= 0.3 is 5.97 Å². The highest BCUT2D eigenvalue weighted by molar-refractivity contribution is 7.92. The number of esters is 1. The third-order valence-corrected chi connectivity index (χ3v) is 5.16. The Balaban J connectivity index is 2.09.